The molecule has 8 heteroatoms. The van der Waals surface area contributed by atoms with Crippen LogP contribution in [0.5, 0.6) is 5.75 Å². The number of amides is 1. The second-order valence-corrected chi connectivity index (χ2v) is 6.23. The van der Waals surface area contributed by atoms with Gasteiger partial charge in [0.05, 0.1) is 19.1 Å². The van der Waals surface area contributed by atoms with Crippen LogP contribution in [-0.4, -0.2) is 39.3 Å². The SMILES string of the molecule is COc1ccc(-c2n[nH]c(CNC(=O)CC3(C(=O)O)CCC3)n2)cc1. The van der Waals surface area contributed by atoms with Crippen molar-refractivity contribution in [3.05, 3.63) is 30.1 Å². The molecule has 1 saturated carbocycles. The number of nitrogens with one attached hydrogen (secondary N) is 2. The van der Waals surface area contributed by atoms with Gasteiger partial charge in [-0.1, -0.05) is 6.42 Å². The van der Waals surface area contributed by atoms with Crippen molar-refractivity contribution in [1.29, 1.82) is 0 Å². The second-order valence-electron chi connectivity index (χ2n) is 6.23. The van der Waals surface area contributed by atoms with E-state index in [0.29, 0.717) is 24.5 Å². The highest BCUT2D eigenvalue weighted by Gasteiger charge is 2.45. The zero-order valence-corrected chi connectivity index (χ0v) is 13.9. The fourth-order valence-electron chi connectivity index (χ4n) is 2.87. The lowest BCUT2D eigenvalue weighted by Crippen LogP contribution is -2.42. The van der Waals surface area contributed by atoms with Gasteiger partial charge in [0.2, 0.25) is 5.91 Å². The molecule has 0 saturated heterocycles. The van der Waals surface area contributed by atoms with E-state index in [2.05, 4.69) is 20.5 Å². The molecule has 3 N–H and O–H groups in total. The van der Waals surface area contributed by atoms with Crippen LogP contribution in [0.25, 0.3) is 11.4 Å². The monoisotopic (exact) mass is 344 g/mol. The predicted molar refractivity (Wildman–Crippen MR) is 88.8 cm³/mol. The molecule has 1 heterocycles. The summed E-state index contributed by atoms with van der Waals surface area (Å²) in [6.07, 6.45) is 1.97. The highest BCUT2D eigenvalue weighted by atomic mass is 16.5. The summed E-state index contributed by atoms with van der Waals surface area (Å²) >= 11 is 0. The number of hydrogen-bond donors (Lipinski definition) is 3. The fourth-order valence-corrected chi connectivity index (χ4v) is 2.87. The summed E-state index contributed by atoms with van der Waals surface area (Å²) in [7, 11) is 1.60. The molecule has 8 nitrogen and oxygen atoms in total. The zero-order chi connectivity index (χ0) is 17.9. The molecule has 1 fully saturated rings. The van der Waals surface area contributed by atoms with Gasteiger partial charge in [-0.25, -0.2) is 4.98 Å². The number of aliphatic carboxylic acids is 1. The van der Waals surface area contributed by atoms with Crippen LogP contribution in [0.2, 0.25) is 0 Å². The third kappa shape index (κ3) is 3.62. The first kappa shape index (κ1) is 16.9. The molecule has 3 rings (SSSR count). The minimum absolute atomic E-state index is 0.00179. The number of aromatic nitrogens is 3. The standard InChI is InChI=1S/C17H20N4O4/c1-25-12-5-3-11(4-6-12)15-19-13(20-21-15)10-18-14(22)9-17(16(23)24)7-2-8-17/h3-6H,2,7-10H2,1H3,(H,18,22)(H,23,24)(H,19,20,21). The molecule has 25 heavy (non-hydrogen) atoms. The Morgan fingerprint density at radius 3 is 2.60 bits per heavy atom. The summed E-state index contributed by atoms with van der Waals surface area (Å²) < 4.78 is 5.11. The summed E-state index contributed by atoms with van der Waals surface area (Å²) in [6, 6.07) is 7.32. The number of aromatic amines is 1. The molecule has 1 aromatic heterocycles. The highest BCUT2D eigenvalue weighted by molar-refractivity contribution is 5.85. The number of methoxy groups -OCH3 is 1. The Morgan fingerprint density at radius 1 is 1.32 bits per heavy atom. The Labute approximate surface area is 144 Å². The van der Waals surface area contributed by atoms with Crippen molar-refractivity contribution in [2.75, 3.05) is 7.11 Å². The number of carboxylic acids is 1. The van der Waals surface area contributed by atoms with Gasteiger partial charge in [0, 0.05) is 12.0 Å². The van der Waals surface area contributed by atoms with E-state index in [4.69, 9.17) is 4.74 Å². The number of hydrogen-bond acceptors (Lipinski definition) is 5. The molecule has 2 aromatic rings. The Bertz CT molecular complexity index is 765. The number of carbonyl (C=O) groups excluding carboxylic acids is 1. The third-order valence-corrected chi connectivity index (χ3v) is 4.60. The summed E-state index contributed by atoms with van der Waals surface area (Å²) in [5.41, 5.74) is -0.0614. The van der Waals surface area contributed by atoms with Gasteiger partial charge >= 0.3 is 5.97 Å². The van der Waals surface area contributed by atoms with Crippen LogP contribution >= 0.6 is 0 Å². The Kier molecular flexibility index (Phi) is 4.69. The molecule has 0 bridgehead atoms. The van der Waals surface area contributed by atoms with Crippen LogP contribution in [0, 0.1) is 5.41 Å². The quantitative estimate of drug-likeness (QED) is 0.704. The smallest absolute Gasteiger partial charge is 0.310 e. The number of ether oxygens (including phenoxy) is 1. The fraction of sp³-hybridized carbons (Fsp3) is 0.412. The van der Waals surface area contributed by atoms with Gasteiger partial charge in [0.1, 0.15) is 11.6 Å². The zero-order valence-electron chi connectivity index (χ0n) is 13.9. The van der Waals surface area contributed by atoms with E-state index in [9.17, 15) is 14.7 Å². The minimum atomic E-state index is -0.893. The molecule has 1 aliphatic rings. The lowest BCUT2D eigenvalue weighted by atomic mass is 9.66. The number of rotatable bonds is 7. The van der Waals surface area contributed by atoms with E-state index in [1.54, 1.807) is 7.11 Å². The highest BCUT2D eigenvalue weighted by Crippen LogP contribution is 2.44. The van der Waals surface area contributed by atoms with E-state index < -0.39 is 11.4 Å². The van der Waals surface area contributed by atoms with Crippen molar-refractivity contribution in [1.82, 2.24) is 20.5 Å². The maximum absolute atomic E-state index is 12.0. The third-order valence-electron chi connectivity index (χ3n) is 4.60. The van der Waals surface area contributed by atoms with Gasteiger partial charge < -0.3 is 15.2 Å². The van der Waals surface area contributed by atoms with E-state index in [1.807, 2.05) is 24.3 Å². The van der Waals surface area contributed by atoms with Crippen molar-refractivity contribution in [3.63, 3.8) is 0 Å². The molecular formula is C17H20N4O4. The van der Waals surface area contributed by atoms with Crippen molar-refractivity contribution in [2.24, 2.45) is 5.41 Å². The molecule has 0 radical (unpaired) electrons. The Morgan fingerprint density at radius 2 is 2.04 bits per heavy atom. The van der Waals surface area contributed by atoms with Gasteiger partial charge in [-0.3, -0.25) is 14.7 Å². The van der Waals surface area contributed by atoms with Gasteiger partial charge in [-0.2, -0.15) is 5.10 Å². The van der Waals surface area contributed by atoms with Gasteiger partial charge in [-0.15, -0.1) is 0 Å². The normalized spacial score (nSPS) is 15.2. The van der Waals surface area contributed by atoms with Gasteiger partial charge in [0.25, 0.3) is 0 Å². The molecule has 0 spiro atoms. The van der Waals surface area contributed by atoms with Crippen LogP contribution in [-0.2, 0) is 16.1 Å². The molecular weight excluding hydrogens is 324 g/mol. The topological polar surface area (TPSA) is 117 Å². The Balaban J connectivity index is 1.56. The van der Waals surface area contributed by atoms with Crippen LogP contribution < -0.4 is 10.1 Å². The molecule has 1 amide bonds. The van der Waals surface area contributed by atoms with Crippen LogP contribution in [0.15, 0.2) is 24.3 Å². The number of nitrogens with zero attached hydrogens (tertiary/aromatic N) is 2. The van der Waals surface area contributed by atoms with E-state index >= 15 is 0 Å². The molecule has 1 aliphatic carbocycles. The van der Waals surface area contributed by atoms with Gasteiger partial charge in [-0.05, 0) is 37.1 Å². The number of benzene rings is 1. The van der Waals surface area contributed by atoms with E-state index in [-0.39, 0.29) is 18.9 Å². The Hall–Kier alpha value is -2.90. The average molecular weight is 344 g/mol. The van der Waals surface area contributed by atoms with Crippen molar-refractivity contribution < 1.29 is 19.4 Å². The minimum Gasteiger partial charge on any atom is -0.497 e. The van der Waals surface area contributed by atoms with Crippen LogP contribution in [0.3, 0.4) is 0 Å². The maximum atomic E-state index is 12.0. The summed E-state index contributed by atoms with van der Waals surface area (Å²) in [6.45, 7) is 0.178. The molecule has 132 valence electrons. The lowest BCUT2D eigenvalue weighted by Gasteiger charge is -2.36. The van der Waals surface area contributed by atoms with Crippen molar-refractivity contribution >= 4 is 11.9 Å². The number of H-pyrrole nitrogens is 1. The maximum Gasteiger partial charge on any atom is 0.310 e. The van der Waals surface area contributed by atoms with Crippen LogP contribution in [0.1, 0.15) is 31.5 Å². The molecule has 0 unspecified atom stereocenters. The molecule has 0 aliphatic heterocycles. The number of carboxylic acid groups (broad SMARTS) is 1. The summed E-state index contributed by atoms with van der Waals surface area (Å²) in [5.74, 6) is 0.597. The van der Waals surface area contributed by atoms with Crippen molar-refractivity contribution in [2.45, 2.75) is 32.2 Å². The average Bonchev–Trinajstić information content (AvgIpc) is 3.05. The first-order valence-electron chi connectivity index (χ1n) is 8.08. The summed E-state index contributed by atoms with van der Waals surface area (Å²) in [4.78, 5) is 27.7. The molecule has 1 aromatic carbocycles. The first-order chi connectivity index (χ1) is 12.0. The van der Waals surface area contributed by atoms with Crippen molar-refractivity contribution in [3.8, 4) is 17.1 Å². The lowest BCUT2D eigenvalue weighted by molar-refractivity contribution is -0.157. The first-order valence-corrected chi connectivity index (χ1v) is 8.08. The van der Waals surface area contributed by atoms with Gasteiger partial charge in [0.15, 0.2) is 5.82 Å². The largest absolute Gasteiger partial charge is 0.497 e. The molecule has 0 atom stereocenters. The predicted octanol–water partition coefficient (Wildman–Crippen LogP) is 1.74. The van der Waals surface area contributed by atoms with E-state index in [1.165, 1.54) is 0 Å². The van der Waals surface area contributed by atoms with E-state index in [0.717, 1.165) is 17.7 Å². The number of carbonyl (C=O) groups is 2. The summed E-state index contributed by atoms with van der Waals surface area (Å²) in [5, 5.41) is 18.9. The van der Waals surface area contributed by atoms with Crippen LogP contribution in [0.4, 0.5) is 0 Å². The second kappa shape index (κ2) is 6.92.